The summed E-state index contributed by atoms with van der Waals surface area (Å²) in [5.74, 6) is 0.0676. The van der Waals surface area contributed by atoms with Gasteiger partial charge in [0.25, 0.3) is 0 Å². The number of piperidine rings is 1. The number of carbonyl (C=O) groups is 1. The number of alkyl halides is 3. The highest BCUT2D eigenvalue weighted by Gasteiger charge is 2.35. The van der Waals surface area contributed by atoms with Crippen LogP contribution < -0.4 is 10.1 Å². The number of halogens is 4. The van der Waals surface area contributed by atoms with Crippen LogP contribution in [0.1, 0.15) is 37.7 Å². The molecule has 0 aromatic heterocycles. The number of ether oxygens (including phenoxy) is 1. The van der Waals surface area contributed by atoms with Crippen LogP contribution in [-0.4, -0.2) is 36.3 Å². The standard InChI is InChI=1S/C18H23F3N2O2.ClH/c1-23(11-13-4-2-3-5-16(13)25-18(19,20)21)17(24)10-12-8-14-6-7-15(9-12)22-14;/h2-5,12,14-15,22H,6-11H2,1H3;1H. The van der Waals surface area contributed by atoms with Crippen LogP contribution in [0.15, 0.2) is 24.3 Å². The van der Waals surface area contributed by atoms with Gasteiger partial charge in [-0.2, -0.15) is 0 Å². The maximum Gasteiger partial charge on any atom is 0.573 e. The summed E-state index contributed by atoms with van der Waals surface area (Å²) in [6, 6.07) is 6.98. The zero-order chi connectivity index (χ0) is 18.0. The summed E-state index contributed by atoms with van der Waals surface area (Å²) in [7, 11) is 1.63. The van der Waals surface area contributed by atoms with Crippen molar-refractivity contribution in [3.63, 3.8) is 0 Å². The zero-order valence-corrected chi connectivity index (χ0v) is 15.4. The first-order valence-electron chi connectivity index (χ1n) is 8.64. The molecular weight excluding hydrogens is 369 g/mol. The van der Waals surface area contributed by atoms with Crippen molar-refractivity contribution in [2.75, 3.05) is 7.05 Å². The SMILES string of the molecule is CN(Cc1ccccc1OC(F)(F)F)C(=O)CC1CC2CCC(C1)N2.Cl. The number of carbonyl (C=O) groups excluding carboxylic acids is 1. The maximum absolute atomic E-state index is 12.5. The fraction of sp³-hybridized carbons (Fsp3) is 0.611. The fourth-order valence-electron chi connectivity index (χ4n) is 3.95. The molecule has 2 unspecified atom stereocenters. The third kappa shape index (κ3) is 5.51. The van der Waals surface area contributed by atoms with Gasteiger partial charge in [-0.3, -0.25) is 4.79 Å². The molecule has 4 nitrogen and oxygen atoms in total. The monoisotopic (exact) mass is 392 g/mol. The number of hydrogen-bond acceptors (Lipinski definition) is 3. The predicted molar refractivity (Wildman–Crippen MR) is 94.1 cm³/mol. The van der Waals surface area contributed by atoms with E-state index in [4.69, 9.17) is 0 Å². The third-order valence-electron chi connectivity index (χ3n) is 5.07. The van der Waals surface area contributed by atoms with Crippen LogP contribution in [0.2, 0.25) is 0 Å². The first kappa shape index (κ1) is 20.8. The van der Waals surface area contributed by atoms with Gasteiger partial charge in [0.2, 0.25) is 5.91 Å². The number of benzene rings is 1. The highest BCUT2D eigenvalue weighted by atomic mass is 35.5. The molecule has 2 atom stereocenters. The van der Waals surface area contributed by atoms with E-state index in [-0.39, 0.29) is 30.6 Å². The quantitative estimate of drug-likeness (QED) is 0.826. The molecule has 1 aromatic rings. The van der Waals surface area contributed by atoms with Crippen LogP contribution >= 0.6 is 12.4 Å². The lowest BCUT2D eigenvalue weighted by Crippen LogP contribution is -2.40. The van der Waals surface area contributed by atoms with Crippen molar-refractivity contribution >= 4 is 18.3 Å². The summed E-state index contributed by atoms with van der Waals surface area (Å²) in [6.07, 6.45) is 0.0644. The molecule has 2 saturated heterocycles. The molecule has 2 bridgehead atoms. The van der Waals surface area contributed by atoms with Gasteiger partial charge in [-0.05, 0) is 37.7 Å². The van der Waals surface area contributed by atoms with E-state index >= 15 is 0 Å². The molecule has 1 amide bonds. The normalized spacial score (nSPS) is 24.7. The van der Waals surface area contributed by atoms with Crippen LogP contribution in [0.4, 0.5) is 13.2 Å². The third-order valence-corrected chi connectivity index (χ3v) is 5.07. The number of amides is 1. The van der Waals surface area contributed by atoms with E-state index in [1.54, 1.807) is 19.2 Å². The molecule has 1 aromatic carbocycles. The topological polar surface area (TPSA) is 41.6 Å². The van der Waals surface area contributed by atoms with Crippen molar-refractivity contribution in [3.05, 3.63) is 29.8 Å². The van der Waals surface area contributed by atoms with E-state index in [0.29, 0.717) is 30.0 Å². The van der Waals surface area contributed by atoms with Crippen LogP contribution in [0.5, 0.6) is 5.75 Å². The minimum atomic E-state index is -4.74. The Hall–Kier alpha value is -1.47. The largest absolute Gasteiger partial charge is 0.573 e. The summed E-state index contributed by atoms with van der Waals surface area (Å²) in [4.78, 5) is 14.0. The molecule has 0 spiro atoms. The number of nitrogens with zero attached hydrogens (tertiary/aromatic N) is 1. The molecule has 0 radical (unpaired) electrons. The Labute approximate surface area is 157 Å². The Morgan fingerprint density at radius 3 is 2.46 bits per heavy atom. The van der Waals surface area contributed by atoms with Gasteiger partial charge in [0, 0.05) is 37.7 Å². The lowest BCUT2D eigenvalue weighted by molar-refractivity contribution is -0.275. The second-order valence-electron chi connectivity index (χ2n) is 7.08. The molecule has 3 rings (SSSR count). The average molecular weight is 393 g/mol. The maximum atomic E-state index is 12.5. The Balaban J connectivity index is 0.00000243. The molecule has 2 fully saturated rings. The van der Waals surface area contributed by atoms with E-state index < -0.39 is 6.36 Å². The smallest absolute Gasteiger partial charge is 0.405 e. The summed E-state index contributed by atoms with van der Waals surface area (Å²) in [6.45, 7) is 0.100. The van der Waals surface area contributed by atoms with Crippen LogP contribution in [-0.2, 0) is 11.3 Å². The average Bonchev–Trinajstić information content (AvgIpc) is 2.86. The summed E-state index contributed by atoms with van der Waals surface area (Å²) in [5, 5.41) is 3.54. The van der Waals surface area contributed by atoms with E-state index in [1.165, 1.54) is 29.9 Å². The van der Waals surface area contributed by atoms with E-state index in [2.05, 4.69) is 10.1 Å². The van der Waals surface area contributed by atoms with Crippen molar-refractivity contribution in [2.24, 2.45) is 5.92 Å². The number of fused-ring (bicyclic) bond motifs is 2. The Bertz CT molecular complexity index is 615. The van der Waals surface area contributed by atoms with Gasteiger partial charge in [-0.1, -0.05) is 18.2 Å². The zero-order valence-electron chi connectivity index (χ0n) is 14.6. The van der Waals surface area contributed by atoms with Crippen LogP contribution in [0.3, 0.4) is 0 Å². The van der Waals surface area contributed by atoms with Gasteiger partial charge in [0.1, 0.15) is 5.75 Å². The van der Waals surface area contributed by atoms with Gasteiger partial charge in [-0.15, -0.1) is 25.6 Å². The molecule has 0 saturated carbocycles. The first-order valence-corrected chi connectivity index (χ1v) is 8.64. The van der Waals surface area contributed by atoms with Crippen molar-refractivity contribution in [1.29, 1.82) is 0 Å². The number of para-hydroxylation sites is 1. The lowest BCUT2D eigenvalue weighted by Gasteiger charge is -2.30. The molecule has 2 aliphatic heterocycles. The molecular formula is C18H24ClF3N2O2. The molecule has 146 valence electrons. The van der Waals surface area contributed by atoms with Crippen molar-refractivity contribution in [1.82, 2.24) is 10.2 Å². The molecule has 2 heterocycles. The number of rotatable bonds is 5. The highest BCUT2D eigenvalue weighted by Crippen LogP contribution is 2.33. The summed E-state index contributed by atoms with van der Waals surface area (Å²) >= 11 is 0. The summed E-state index contributed by atoms with van der Waals surface area (Å²) in [5.41, 5.74) is 0.348. The Morgan fingerprint density at radius 2 is 1.85 bits per heavy atom. The van der Waals surface area contributed by atoms with Gasteiger partial charge in [0.15, 0.2) is 0 Å². The molecule has 8 heteroatoms. The highest BCUT2D eigenvalue weighted by molar-refractivity contribution is 5.85. The minimum Gasteiger partial charge on any atom is -0.405 e. The second-order valence-corrected chi connectivity index (χ2v) is 7.08. The fourth-order valence-corrected chi connectivity index (χ4v) is 3.95. The van der Waals surface area contributed by atoms with Crippen molar-refractivity contribution < 1.29 is 22.7 Å². The van der Waals surface area contributed by atoms with E-state index in [9.17, 15) is 18.0 Å². The van der Waals surface area contributed by atoms with E-state index in [0.717, 1.165) is 12.8 Å². The van der Waals surface area contributed by atoms with Gasteiger partial charge >= 0.3 is 6.36 Å². The van der Waals surface area contributed by atoms with E-state index in [1.807, 2.05) is 0 Å². The summed E-state index contributed by atoms with van der Waals surface area (Å²) < 4.78 is 41.5. The van der Waals surface area contributed by atoms with Gasteiger partial charge in [0.05, 0.1) is 0 Å². The van der Waals surface area contributed by atoms with Crippen molar-refractivity contribution in [2.45, 2.75) is 57.1 Å². The van der Waals surface area contributed by atoms with Crippen LogP contribution in [0, 0.1) is 5.92 Å². The molecule has 2 aliphatic rings. The lowest BCUT2D eigenvalue weighted by atomic mass is 9.89. The number of hydrogen-bond donors (Lipinski definition) is 1. The number of nitrogens with one attached hydrogen (secondary N) is 1. The molecule has 0 aliphatic carbocycles. The predicted octanol–water partition coefficient (Wildman–Crippen LogP) is 3.89. The van der Waals surface area contributed by atoms with Gasteiger partial charge < -0.3 is 15.0 Å². The van der Waals surface area contributed by atoms with Crippen molar-refractivity contribution in [3.8, 4) is 5.75 Å². The Kier molecular flexibility index (Phi) is 6.80. The minimum absolute atomic E-state index is 0. The first-order chi connectivity index (χ1) is 11.8. The van der Waals surface area contributed by atoms with Gasteiger partial charge in [-0.25, -0.2) is 0 Å². The second kappa shape index (κ2) is 8.48. The molecule has 26 heavy (non-hydrogen) atoms. The Morgan fingerprint density at radius 1 is 1.23 bits per heavy atom. The van der Waals surface area contributed by atoms with Crippen LogP contribution in [0.25, 0.3) is 0 Å². The molecule has 1 N–H and O–H groups in total.